The van der Waals surface area contributed by atoms with Crippen LogP contribution in [0.5, 0.6) is 0 Å². The summed E-state index contributed by atoms with van der Waals surface area (Å²) in [5.41, 5.74) is -0.689. The first-order chi connectivity index (χ1) is 7.95. The number of ether oxygens (including phenoxy) is 1. The first kappa shape index (κ1) is 13.6. The molecule has 0 bridgehead atoms. The van der Waals surface area contributed by atoms with Gasteiger partial charge in [0.05, 0.1) is 6.61 Å². The molecule has 1 aromatic carbocycles. The van der Waals surface area contributed by atoms with Gasteiger partial charge in [0, 0.05) is 4.47 Å². The monoisotopic (exact) mass is 307 g/mol. The molecule has 4 nitrogen and oxygen atoms in total. The Hall–Kier alpha value is -1.50. The van der Waals surface area contributed by atoms with Crippen molar-refractivity contribution in [1.29, 1.82) is 0 Å². The molecule has 0 unspecified atom stereocenters. The molecular weight excluding hydrogens is 300 g/mol. The summed E-state index contributed by atoms with van der Waals surface area (Å²) in [6.45, 7) is 1.50. The zero-order valence-electron chi connectivity index (χ0n) is 8.72. The Morgan fingerprint density at radius 2 is 1.88 bits per heavy atom. The number of amides is 1. The zero-order valence-corrected chi connectivity index (χ0v) is 10.3. The van der Waals surface area contributed by atoms with Crippen LogP contribution in [-0.2, 0) is 14.3 Å². The second-order valence-corrected chi connectivity index (χ2v) is 3.83. The Kier molecular flexibility index (Phi) is 4.56. The van der Waals surface area contributed by atoms with Crippen LogP contribution >= 0.6 is 15.9 Å². The maximum absolute atomic E-state index is 13.3. The normalized spacial score (nSPS) is 9.88. The number of anilines is 1. The van der Waals surface area contributed by atoms with Crippen LogP contribution in [0.3, 0.4) is 0 Å². The van der Waals surface area contributed by atoms with E-state index >= 15 is 0 Å². The molecule has 0 aliphatic heterocycles. The number of halogens is 3. The Balaban J connectivity index is 2.89. The summed E-state index contributed by atoms with van der Waals surface area (Å²) < 4.78 is 31.1. The Labute approximate surface area is 104 Å². The molecule has 0 spiro atoms. The molecule has 0 aromatic heterocycles. The minimum Gasteiger partial charge on any atom is -0.459 e. The van der Waals surface area contributed by atoms with Crippen LogP contribution in [0.2, 0.25) is 0 Å². The summed E-state index contributed by atoms with van der Waals surface area (Å²) >= 11 is 2.88. The number of carbonyl (C=O) groups excluding carboxylic acids is 2. The molecule has 1 N–H and O–H groups in total. The second-order valence-electron chi connectivity index (χ2n) is 2.92. The zero-order chi connectivity index (χ0) is 13.0. The van der Waals surface area contributed by atoms with E-state index in [4.69, 9.17) is 0 Å². The number of benzene rings is 1. The average Bonchev–Trinajstić information content (AvgIpc) is 2.23. The third-order valence-electron chi connectivity index (χ3n) is 1.71. The van der Waals surface area contributed by atoms with Crippen LogP contribution in [0, 0.1) is 11.6 Å². The van der Waals surface area contributed by atoms with Gasteiger partial charge in [-0.05, 0) is 19.1 Å². The molecule has 1 rings (SSSR count). The number of nitrogens with one attached hydrogen (secondary N) is 1. The van der Waals surface area contributed by atoms with Crippen molar-refractivity contribution in [3.05, 3.63) is 28.2 Å². The quantitative estimate of drug-likeness (QED) is 0.673. The van der Waals surface area contributed by atoms with Gasteiger partial charge in [-0.2, -0.15) is 0 Å². The Morgan fingerprint density at radius 3 is 2.35 bits per heavy atom. The van der Waals surface area contributed by atoms with Crippen LogP contribution in [0.25, 0.3) is 0 Å². The molecule has 0 saturated heterocycles. The van der Waals surface area contributed by atoms with Gasteiger partial charge in [0.1, 0.15) is 5.69 Å². The van der Waals surface area contributed by atoms with Gasteiger partial charge >= 0.3 is 11.9 Å². The second kappa shape index (κ2) is 5.72. The van der Waals surface area contributed by atoms with E-state index in [0.717, 1.165) is 12.1 Å². The van der Waals surface area contributed by atoms with Crippen molar-refractivity contribution in [3.8, 4) is 0 Å². The van der Waals surface area contributed by atoms with E-state index in [9.17, 15) is 18.4 Å². The van der Waals surface area contributed by atoms with Crippen molar-refractivity contribution >= 4 is 33.5 Å². The van der Waals surface area contributed by atoms with E-state index in [0.29, 0.717) is 0 Å². The number of carbonyl (C=O) groups is 2. The standard InChI is InChI=1S/C10H8BrF2NO3/c1-2-17-10(16)9(15)14-8-6(12)3-5(11)4-7(8)13/h3-4H,2H2,1H3,(H,14,15). The topological polar surface area (TPSA) is 55.4 Å². The highest BCUT2D eigenvalue weighted by Crippen LogP contribution is 2.23. The highest BCUT2D eigenvalue weighted by atomic mass is 79.9. The van der Waals surface area contributed by atoms with E-state index in [2.05, 4.69) is 20.7 Å². The molecule has 17 heavy (non-hydrogen) atoms. The molecule has 0 aliphatic rings. The third kappa shape index (κ3) is 3.48. The highest BCUT2D eigenvalue weighted by Gasteiger charge is 2.19. The van der Waals surface area contributed by atoms with Crippen molar-refractivity contribution in [2.75, 3.05) is 11.9 Å². The maximum atomic E-state index is 13.3. The fraction of sp³-hybridized carbons (Fsp3) is 0.200. The van der Waals surface area contributed by atoms with Crippen LogP contribution in [0.1, 0.15) is 6.92 Å². The predicted octanol–water partition coefficient (Wildman–Crippen LogP) is 2.23. The van der Waals surface area contributed by atoms with Gasteiger partial charge in [0.25, 0.3) is 0 Å². The lowest BCUT2D eigenvalue weighted by Gasteiger charge is -2.07. The third-order valence-corrected chi connectivity index (χ3v) is 2.16. The summed E-state index contributed by atoms with van der Waals surface area (Å²) in [5.74, 6) is -4.41. The van der Waals surface area contributed by atoms with E-state index in [1.807, 2.05) is 0 Å². The first-order valence-electron chi connectivity index (χ1n) is 4.58. The number of hydrogen-bond acceptors (Lipinski definition) is 3. The minimum absolute atomic E-state index is 0.00243. The van der Waals surface area contributed by atoms with E-state index in [1.165, 1.54) is 6.92 Å². The lowest BCUT2D eigenvalue weighted by atomic mass is 10.3. The number of esters is 1. The van der Waals surface area contributed by atoms with Gasteiger partial charge in [-0.1, -0.05) is 15.9 Å². The van der Waals surface area contributed by atoms with E-state index in [1.54, 1.807) is 5.32 Å². The van der Waals surface area contributed by atoms with Crippen molar-refractivity contribution in [1.82, 2.24) is 0 Å². The largest absolute Gasteiger partial charge is 0.459 e. The first-order valence-corrected chi connectivity index (χ1v) is 5.37. The lowest BCUT2D eigenvalue weighted by molar-refractivity contribution is -0.152. The fourth-order valence-corrected chi connectivity index (χ4v) is 1.42. The van der Waals surface area contributed by atoms with Crippen LogP contribution in [0.15, 0.2) is 16.6 Å². The minimum atomic E-state index is -1.23. The molecule has 0 saturated carbocycles. The predicted molar refractivity (Wildman–Crippen MR) is 59.3 cm³/mol. The maximum Gasteiger partial charge on any atom is 0.397 e. The fourth-order valence-electron chi connectivity index (χ4n) is 1.02. The number of hydrogen-bond donors (Lipinski definition) is 1. The molecule has 0 aliphatic carbocycles. The molecule has 0 fully saturated rings. The number of rotatable bonds is 2. The van der Waals surface area contributed by atoms with E-state index in [-0.39, 0.29) is 11.1 Å². The van der Waals surface area contributed by atoms with Crippen LogP contribution in [-0.4, -0.2) is 18.5 Å². The van der Waals surface area contributed by atoms with E-state index < -0.39 is 29.2 Å². The summed E-state index contributed by atoms with van der Waals surface area (Å²) in [5, 5.41) is 1.81. The Bertz CT molecular complexity index is 442. The molecule has 92 valence electrons. The SMILES string of the molecule is CCOC(=O)C(=O)Nc1c(F)cc(Br)cc1F. The summed E-state index contributed by atoms with van der Waals surface area (Å²) in [6, 6.07) is 1.92. The van der Waals surface area contributed by atoms with Crippen molar-refractivity contribution in [2.24, 2.45) is 0 Å². The molecule has 1 aromatic rings. The summed E-state index contributed by atoms with van der Waals surface area (Å²) in [4.78, 5) is 22.1. The average molecular weight is 308 g/mol. The smallest absolute Gasteiger partial charge is 0.397 e. The molecular formula is C10H8BrF2NO3. The van der Waals surface area contributed by atoms with Gasteiger partial charge in [-0.25, -0.2) is 13.6 Å². The van der Waals surface area contributed by atoms with Crippen molar-refractivity contribution in [2.45, 2.75) is 6.92 Å². The van der Waals surface area contributed by atoms with Gasteiger partial charge < -0.3 is 10.1 Å². The van der Waals surface area contributed by atoms with Crippen molar-refractivity contribution in [3.63, 3.8) is 0 Å². The molecule has 0 radical (unpaired) electrons. The summed E-state index contributed by atoms with van der Waals surface area (Å²) in [7, 11) is 0. The Morgan fingerprint density at radius 1 is 1.35 bits per heavy atom. The molecule has 0 atom stereocenters. The van der Waals surface area contributed by atoms with Gasteiger partial charge in [-0.15, -0.1) is 0 Å². The van der Waals surface area contributed by atoms with Crippen LogP contribution < -0.4 is 5.32 Å². The van der Waals surface area contributed by atoms with Crippen LogP contribution in [0.4, 0.5) is 14.5 Å². The lowest BCUT2D eigenvalue weighted by Crippen LogP contribution is -2.26. The van der Waals surface area contributed by atoms with Gasteiger partial charge in [0.2, 0.25) is 0 Å². The molecule has 0 heterocycles. The molecule has 1 amide bonds. The highest BCUT2D eigenvalue weighted by molar-refractivity contribution is 9.10. The molecule has 7 heteroatoms. The van der Waals surface area contributed by atoms with Gasteiger partial charge in [0.15, 0.2) is 11.6 Å². The summed E-state index contributed by atoms with van der Waals surface area (Å²) in [6.07, 6.45) is 0. The van der Waals surface area contributed by atoms with Gasteiger partial charge in [-0.3, -0.25) is 4.79 Å². The van der Waals surface area contributed by atoms with Crippen molar-refractivity contribution < 1.29 is 23.1 Å².